The number of carbonyl (C=O) groups is 4. The average Bonchev–Trinajstić information content (AvgIpc) is 3.50. The van der Waals surface area contributed by atoms with E-state index in [1.54, 1.807) is 0 Å². The Bertz CT molecular complexity index is 1900. The fourth-order valence-corrected chi connectivity index (χ4v) is 12.8. The standard InChI is InChI=1S/C76H144O17P2/c1-5-9-13-17-21-25-29-32-35-38-41-45-49-53-57-61-74(79)87-67-72(93-76(81)63-59-55-51-47-43-39-36-33-30-26-22-18-14-10-6-2)69-91-95(84,85)89-65-70(77)64-88-94(82,83)90-68-71(66-86-73(78)60-56-52-48-44-40-28-24-20-16-12-8-4)92-75(80)62-58-54-50-46-42-37-34-31-27-23-19-15-11-7-3/h26,30,33,36,70-72,77H,5-25,27-29,31-32,34-35,37-69H2,1-4H3,(H,82,83)(H,84,85)/b30-26-,36-33-/t70-,71+,72+/m0/s1. The van der Waals surface area contributed by atoms with Gasteiger partial charge in [-0.2, -0.15) is 0 Å². The molecule has 0 radical (unpaired) electrons. The molecule has 0 aromatic carbocycles. The van der Waals surface area contributed by atoms with Gasteiger partial charge in [-0.15, -0.1) is 0 Å². The lowest BCUT2D eigenvalue weighted by molar-refractivity contribution is -0.161. The van der Waals surface area contributed by atoms with Crippen molar-refractivity contribution in [1.29, 1.82) is 0 Å². The van der Waals surface area contributed by atoms with Crippen LogP contribution in [0.5, 0.6) is 0 Å². The minimum absolute atomic E-state index is 0.0861. The molecule has 0 aromatic heterocycles. The number of phosphoric ester groups is 2. The number of hydrogen-bond acceptors (Lipinski definition) is 15. The van der Waals surface area contributed by atoms with E-state index in [-0.39, 0.29) is 25.7 Å². The summed E-state index contributed by atoms with van der Waals surface area (Å²) in [6.45, 7) is 4.93. The van der Waals surface area contributed by atoms with Crippen molar-refractivity contribution in [2.45, 2.75) is 399 Å². The summed E-state index contributed by atoms with van der Waals surface area (Å²) in [7, 11) is -9.92. The first kappa shape index (κ1) is 92.5. The summed E-state index contributed by atoms with van der Waals surface area (Å²) in [5.74, 6) is -2.14. The van der Waals surface area contributed by atoms with Crippen molar-refractivity contribution in [3.8, 4) is 0 Å². The Kier molecular flexibility index (Phi) is 68.2. The molecule has 560 valence electrons. The molecule has 0 aliphatic heterocycles. The van der Waals surface area contributed by atoms with Crippen molar-refractivity contribution < 1.29 is 80.2 Å². The lowest BCUT2D eigenvalue weighted by atomic mass is 10.0. The predicted molar refractivity (Wildman–Crippen MR) is 386 cm³/mol. The van der Waals surface area contributed by atoms with E-state index >= 15 is 0 Å². The van der Waals surface area contributed by atoms with Gasteiger partial charge in [0, 0.05) is 25.7 Å². The Morgan fingerprint density at radius 2 is 0.505 bits per heavy atom. The van der Waals surface area contributed by atoms with E-state index in [2.05, 4.69) is 52.0 Å². The molecule has 0 rings (SSSR count). The van der Waals surface area contributed by atoms with E-state index in [9.17, 15) is 43.2 Å². The Hall–Kier alpha value is -2.46. The lowest BCUT2D eigenvalue weighted by Gasteiger charge is -2.21. The van der Waals surface area contributed by atoms with Gasteiger partial charge in [-0.05, 0) is 51.4 Å². The molecule has 19 heteroatoms. The van der Waals surface area contributed by atoms with Gasteiger partial charge in [0.25, 0.3) is 0 Å². The first-order valence-corrected chi connectivity index (χ1v) is 42.1. The SMILES string of the molecule is CCCCCC/C=C\C=C/CCCCCCCC(=O)O[C@H](COC(=O)CCCCCCCCCCCCCCCCC)COP(=O)(O)OC[C@@H](O)COP(=O)(O)OC[C@@H](COC(=O)CCCCCCCCCCCCC)OC(=O)CCCCCCCCCCCCCCCC. The maximum Gasteiger partial charge on any atom is 0.472 e. The van der Waals surface area contributed by atoms with Crippen LogP contribution in [0, 0.1) is 0 Å². The largest absolute Gasteiger partial charge is 0.472 e. The number of carbonyl (C=O) groups excluding carboxylic acids is 4. The minimum atomic E-state index is -4.96. The highest BCUT2D eigenvalue weighted by Crippen LogP contribution is 2.45. The molecule has 0 aliphatic carbocycles. The summed E-state index contributed by atoms with van der Waals surface area (Å²) >= 11 is 0. The third-order valence-corrected chi connectivity index (χ3v) is 19.1. The molecule has 0 amide bonds. The topological polar surface area (TPSA) is 237 Å². The molecule has 0 fully saturated rings. The van der Waals surface area contributed by atoms with Gasteiger partial charge < -0.3 is 33.8 Å². The number of esters is 4. The normalized spacial score (nSPS) is 14.1. The van der Waals surface area contributed by atoms with Crippen molar-refractivity contribution >= 4 is 39.5 Å². The monoisotopic (exact) mass is 1390 g/mol. The second kappa shape index (κ2) is 70.0. The third-order valence-electron chi connectivity index (χ3n) is 17.2. The van der Waals surface area contributed by atoms with Crippen LogP contribution in [0.25, 0.3) is 0 Å². The van der Waals surface area contributed by atoms with Gasteiger partial charge in [0.15, 0.2) is 12.2 Å². The van der Waals surface area contributed by atoms with Crippen LogP contribution >= 0.6 is 15.6 Å². The molecule has 0 heterocycles. The van der Waals surface area contributed by atoms with E-state index in [1.165, 1.54) is 199 Å². The van der Waals surface area contributed by atoms with Crippen LogP contribution in [-0.2, 0) is 65.4 Å². The van der Waals surface area contributed by atoms with Crippen LogP contribution in [0.15, 0.2) is 24.3 Å². The number of rotatable bonds is 75. The highest BCUT2D eigenvalue weighted by molar-refractivity contribution is 7.47. The average molecular weight is 1390 g/mol. The Labute approximate surface area is 580 Å². The number of aliphatic hydroxyl groups excluding tert-OH is 1. The fraction of sp³-hybridized carbons (Fsp3) is 0.895. The zero-order chi connectivity index (χ0) is 69.7. The van der Waals surface area contributed by atoms with Crippen molar-refractivity contribution in [3.05, 3.63) is 24.3 Å². The van der Waals surface area contributed by atoms with Crippen molar-refractivity contribution in [2.24, 2.45) is 0 Å². The Morgan fingerprint density at radius 1 is 0.295 bits per heavy atom. The summed E-state index contributed by atoms with van der Waals surface area (Å²) < 4.78 is 68.5. The molecular formula is C76H144O17P2. The minimum Gasteiger partial charge on any atom is -0.462 e. The predicted octanol–water partition coefficient (Wildman–Crippen LogP) is 22.2. The number of aliphatic hydroxyl groups is 1. The number of hydrogen-bond donors (Lipinski definition) is 3. The lowest BCUT2D eigenvalue weighted by Crippen LogP contribution is -2.30. The number of unbranched alkanes of at least 4 members (excludes halogenated alkanes) is 46. The van der Waals surface area contributed by atoms with Crippen molar-refractivity contribution in [1.82, 2.24) is 0 Å². The zero-order valence-corrected chi connectivity index (χ0v) is 62.9. The number of allylic oxidation sites excluding steroid dienone is 4. The van der Waals surface area contributed by atoms with E-state index < -0.39 is 97.5 Å². The molecule has 17 nitrogen and oxygen atoms in total. The van der Waals surface area contributed by atoms with Gasteiger partial charge >= 0.3 is 39.5 Å². The fourth-order valence-electron chi connectivity index (χ4n) is 11.2. The van der Waals surface area contributed by atoms with E-state index in [0.717, 1.165) is 103 Å². The summed E-state index contributed by atoms with van der Waals surface area (Å²) in [6, 6.07) is 0. The second-order valence-electron chi connectivity index (χ2n) is 26.7. The Balaban J connectivity index is 5.29. The first-order valence-electron chi connectivity index (χ1n) is 39.1. The molecule has 2 unspecified atom stereocenters. The van der Waals surface area contributed by atoms with Gasteiger partial charge in [0.2, 0.25) is 0 Å². The maximum atomic E-state index is 13.1. The van der Waals surface area contributed by atoms with E-state index in [4.69, 9.17) is 37.0 Å². The van der Waals surface area contributed by atoms with E-state index in [0.29, 0.717) is 25.7 Å². The van der Waals surface area contributed by atoms with Gasteiger partial charge in [-0.3, -0.25) is 37.3 Å². The smallest absolute Gasteiger partial charge is 0.462 e. The molecule has 0 aliphatic rings. The zero-order valence-electron chi connectivity index (χ0n) is 61.1. The quantitative estimate of drug-likeness (QED) is 0.0169. The molecule has 0 bridgehead atoms. The summed E-state index contributed by atoms with van der Waals surface area (Å²) in [5.41, 5.74) is 0. The molecule has 0 aromatic rings. The maximum absolute atomic E-state index is 13.1. The van der Waals surface area contributed by atoms with Crippen LogP contribution < -0.4 is 0 Å². The number of phosphoric acid groups is 2. The van der Waals surface area contributed by atoms with E-state index in [1.807, 2.05) is 0 Å². The molecular weight excluding hydrogens is 1250 g/mol. The molecule has 0 saturated heterocycles. The summed E-state index contributed by atoms with van der Waals surface area (Å²) in [5, 5.41) is 10.6. The highest BCUT2D eigenvalue weighted by atomic mass is 31.2. The third kappa shape index (κ3) is 69.8. The van der Waals surface area contributed by atoms with Crippen molar-refractivity contribution in [2.75, 3.05) is 39.6 Å². The van der Waals surface area contributed by atoms with Gasteiger partial charge in [-0.25, -0.2) is 9.13 Å². The molecule has 0 spiro atoms. The molecule has 0 saturated carbocycles. The van der Waals surface area contributed by atoms with Crippen LogP contribution in [0.4, 0.5) is 0 Å². The summed E-state index contributed by atoms with van der Waals surface area (Å²) in [6.07, 6.45) is 63.0. The Morgan fingerprint density at radius 3 is 0.768 bits per heavy atom. The van der Waals surface area contributed by atoms with Crippen LogP contribution in [0.3, 0.4) is 0 Å². The molecule has 3 N–H and O–H groups in total. The van der Waals surface area contributed by atoms with Crippen LogP contribution in [0.2, 0.25) is 0 Å². The van der Waals surface area contributed by atoms with Crippen LogP contribution in [-0.4, -0.2) is 96.7 Å². The summed E-state index contributed by atoms with van der Waals surface area (Å²) in [4.78, 5) is 72.8. The van der Waals surface area contributed by atoms with Crippen LogP contribution in [0.1, 0.15) is 381 Å². The molecule has 95 heavy (non-hydrogen) atoms. The second-order valence-corrected chi connectivity index (χ2v) is 29.6. The first-order chi connectivity index (χ1) is 46.2. The van der Waals surface area contributed by atoms with Gasteiger partial charge in [0.1, 0.15) is 19.3 Å². The van der Waals surface area contributed by atoms with Gasteiger partial charge in [-0.1, -0.05) is 328 Å². The van der Waals surface area contributed by atoms with Crippen molar-refractivity contribution in [3.63, 3.8) is 0 Å². The molecule has 5 atom stereocenters. The highest BCUT2D eigenvalue weighted by Gasteiger charge is 2.30. The number of ether oxygens (including phenoxy) is 4. The van der Waals surface area contributed by atoms with Gasteiger partial charge in [0.05, 0.1) is 26.4 Å².